The van der Waals surface area contributed by atoms with Gasteiger partial charge in [-0.15, -0.1) is 0 Å². The number of benzene rings is 1. The van der Waals surface area contributed by atoms with Gasteiger partial charge in [-0.05, 0) is 43.5 Å². The Labute approximate surface area is 98.0 Å². The lowest BCUT2D eigenvalue weighted by molar-refractivity contribution is 0.416. The summed E-state index contributed by atoms with van der Waals surface area (Å²) in [6.45, 7) is 5.91. The van der Waals surface area contributed by atoms with Crippen LogP contribution in [0.1, 0.15) is 18.9 Å². The highest BCUT2D eigenvalue weighted by Gasteiger charge is 2.03. The number of aryl methyl sites for hydroxylation is 1. The van der Waals surface area contributed by atoms with Crippen LogP contribution in [0.5, 0.6) is 5.75 Å². The van der Waals surface area contributed by atoms with E-state index in [2.05, 4.69) is 25.2 Å². The second-order valence-corrected chi connectivity index (χ2v) is 4.26. The minimum atomic E-state index is 0.559. The molecule has 0 fully saturated rings. The zero-order chi connectivity index (χ0) is 12.0. The van der Waals surface area contributed by atoms with E-state index in [1.807, 2.05) is 12.1 Å². The number of nitrogens with one attached hydrogen (secondary N) is 1. The third-order valence-corrected chi connectivity index (χ3v) is 2.71. The summed E-state index contributed by atoms with van der Waals surface area (Å²) < 4.78 is 5.30. The molecule has 0 heterocycles. The molecule has 0 saturated heterocycles. The first kappa shape index (κ1) is 12.8. The summed E-state index contributed by atoms with van der Waals surface area (Å²) in [7, 11) is 1.69. The van der Waals surface area contributed by atoms with Crippen LogP contribution in [0.15, 0.2) is 18.2 Å². The van der Waals surface area contributed by atoms with Gasteiger partial charge in [0.15, 0.2) is 0 Å². The van der Waals surface area contributed by atoms with Crippen molar-refractivity contribution >= 4 is 5.69 Å². The van der Waals surface area contributed by atoms with Gasteiger partial charge in [0.05, 0.1) is 12.8 Å². The summed E-state index contributed by atoms with van der Waals surface area (Å²) in [6.07, 6.45) is 1.08. The molecule has 1 aromatic carbocycles. The quantitative estimate of drug-likeness (QED) is 0.777. The second kappa shape index (κ2) is 6.38. The zero-order valence-corrected chi connectivity index (χ0v) is 10.4. The summed E-state index contributed by atoms with van der Waals surface area (Å²) in [4.78, 5) is 0. The first-order valence-corrected chi connectivity index (χ1v) is 5.76. The SMILES string of the molecule is COc1ccc(C)cc1NCCC(C)CN. The molecule has 1 atom stereocenters. The van der Waals surface area contributed by atoms with E-state index in [1.165, 1.54) is 5.56 Å². The molecule has 3 heteroatoms. The van der Waals surface area contributed by atoms with E-state index in [1.54, 1.807) is 7.11 Å². The predicted molar refractivity (Wildman–Crippen MR) is 69.1 cm³/mol. The summed E-state index contributed by atoms with van der Waals surface area (Å²) in [6, 6.07) is 6.14. The number of methoxy groups -OCH3 is 1. The van der Waals surface area contributed by atoms with E-state index >= 15 is 0 Å². The van der Waals surface area contributed by atoms with Crippen molar-refractivity contribution in [2.75, 3.05) is 25.5 Å². The van der Waals surface area contributed by atoms with E-state index in [9.17, 15) is 0 Å². The standard InChI is InChI=1S/C13H22N2O/c1-10-4-5-13(16-3)12(8-10)15-7-6-11(2)9-14/h4-5,8,11,15H,6-7,9,14H2,1-3H3. The van der Waals surface area contributed by atoms with Crippen molar-refractivity contribution < 1.29 is 4.74 Å². The van der Waals surface area contributed by atoms with Gasteiger partial charge in [-0.25, -0.2) is 0 Å². The Morgan fingerprint density at radius 3 is 2.81 bits per heavy atom. The van der Waals surface area contributed by atoms with E-state index in [0.717, 1.165) is 30.9 Å². The summed E-state index contributed by atoms with van der Waals surface area (Å²) in [5, 5.41) is 3.39. The van der Waals surface area contributed by atoms with E-state index in [-0.39, 0.29) is 0 Å². The normalized spacial score (nSPS) is 12.2. The molecule has 90 valence electrons. The Hall–Kier alpha value is -1.22. The number of rotatable bonds is 6. The van der Waals surface area contributed by atoms with Crippen molar-refractivity contribution in [2.45, 2.75) is 20.3 Å². The average Bonchev–Trinajstić information content (AvgIpc) is 2.29. The minimum absolute atomic E-state index is 0.559. The fraction of sp³-hybridized carbons (Fsp3) is 0.538. The van der Waals surface area contributed by atoms with Crippen molar-refractivity contribution in [3.8, 4) is 5.75 Å². The molecule has 0 aliphatic rings. The lowest BCUT2D eigenvalue weighted by Crippen LogP contribution is -2.15. The molecule has 0 amide bonds. The van der Waals surface area contributed by atoms with Crippen LogP contribution in [-0.4, -0.2) is 20.2 Å². The van der Waals surface area contributed by atoms with E-state index in [0.29, 0.717) is 5.92 Å². The second-order valence-electron chi connectivity index (χ2n) is 4.26. The van der Waals surface area contributed by atoms with Gasteiger partial charge >= 0.3 is 0 Å². The number of hydrogen-bond acceptors (Lipinski definition) is 3. The van der Waals surface area contributed by atoms with Crippen LogP contribution in [0.25, 0.3) is 0 Å². The van der Waals surface area contributed by atoms with Crippen LogP contribution in [-0.2, 0) is 0 Å². The highest BCUT2D eigenvalue weighted by Crippen LogP contribution is 2.25. The molecule has 0 bridgehead atoms. The maximum atomic E-state index is 5.58. The van der Waals surface area contributed by atoms with Gasteiger partial charge in [0.2, 0.25) is 0 Å². The first-order chi connectivity index (χ1) is 7.67. The smallest absolute Gasteiger partial charge is 0.141 e. The zero-order valence-electron chi connectivity index (χ0n) is 10.4. The van der Waals surface area contributed by atoms with Gasteiger partial charge in [-0.1, -0.05) is 13.0 Å². The number of nitrogens with two attached hydrogens (primary N) is 1. The number of anilines is 1. The Morgan fingerprint density at radius 2 is 2.19 bits per heavy atom. The van der Waals surface area contributed by atoms with Crippen LogP contribution >= 0.6 is 0 Å². The summed E-state index contributed by atoms with van der Waals surface area (Å²) in [5.41, 5.74) is 7.87. The highest BCUT2D eigenvalue weighted by atomic mass is 16.5. The van der Waals surface area contributed by atoms with Crippen LogP contribution in [0.2, 0.25) is 0 Å². The topological polar surface area (TPSA) is 47.3 Å². The molecule has 0 spiro atoms. The molecular formula is C13H22N2O. The Bertz CT molecular complexity index is 326. The highest BCUT2D eigenvalue weighted by molar-refractivity contribution is 5.57. The van der Waals surface area contributed by atoms with Crippen LogP contribution < -0.4 is 15.8 Å². The molecule has 0 saturated carbocycles. The monoisotopic (exact) mass is 222 g/mol. The van der Waals surface area contributed by atoms with Crippen LogP contribution in [0.3, 0.4) is 0 Å². The molecule has 3 N–H and O–H groups in total. The van der Waals surface area contributed by atoms with E-state index < -0.39 is 0 Å². The van der Waals surface area contributed by atoms with Crippen molar-refractivity contribution in [3.05, 3.63) is 23.8 Å². The fourth-order valence-corrected chi connectivity index (χ4v) is 1.53. The minimum Gasteiger partial charge on any atom is -0.495 e. The molecule has 0 aliphatic heterocycles. The molecular weight excluding hydrogens is 200 g/mol. The Morgan fingerprint density at radius 1 is 1.44 bits per heavy atom. The molecule has 1 rings (SSSR count). The van der Waals surface area contributed by atoms with Gasteiger partial charge in [0, 0.05) is 6.54 Å². The van der Waals surface area contributed by atoms with Gasteiger partial charge in [0.1, 0.15) is 5.75 Å². The van der Waals surface area contributed by atoms with Gasteiger partial charge in [-0.3, -0.25) is 0 Å². The average molecular weight is 222 g/mol. The van der Waals surface area contributed by atoms with Gasteiger partial charge in [-0.2, -0.15) is 0 Å². The molecule has 0 radical (unpaired) electrons. The number of ether oxygens (including phenoxy) is 1. The lowest BCUT2D eigenvalue weighted by Gasteiger charge is -2.13. The van der Waals surface area contributed by atoms with Crippen molar-refractivity contribution in [1.82, 2.24) is 0 Å². The van der Waals surface area contributed by atoms with Crippen LogP contribution in [0, 0.1) is 12.8 Å². The lowest BCUT2D eigenvalue weighted by atomic mass is 10.1. The largest absolute Gasteiger partial charge is 0.495 e. The summed E-state index contributed by atoms with van der Waals surface area (Å²) in [5.74, 6) is 1.45. The first-order valence-electron chi connectivity index (χ1n) is 5.76. The molecule has 1 unspecified atom stereocenters. The number of hydrogen-bond donors (Lipinski definition) is 2. The molecule has 1 aromatic rings. The molecule has 16 heavy (non-hydrogen) atoms. The maximum Gasteiger partial charge on any atom is 0.141 e. The third kappa shape index (κ3) is 3.74. The molecule has 3 nitrogen and oxygen atoms in total. The van der Waals surface area contributed by atoms with Gasteiger partial charge < -0.3 is 15.8 Å². The Kier molecular flexibility index (Phi) is 5.12. The van der Waals surface area contributed by atoms with Crippen molar-refractivity contribution in [2.24, 2.45) is 11.7 Å². The molecule has 0 aliphatic carbocycles. The fourth-order valence-electron chi connectivity index (χ4n) is 1.53. The van der Waals surface area contributed by atoms with E-state index in [4.69, 9.17) is 10.5 Å². The van der Waals surface area contributed by atoms with Gasteiger partial charge in [0.25, 0.3) is 0 Å². The van der Waals surface area contributed by atoms with Crippen molar-refractivity contribution in [3.63, 3.8) is 0 Å². The van der Waals surface area contributed by atoms with Crippen LogP contribution in [0.4, 0.5) is 5.69 Å². The maximum absolute atomic E-state index is 5.58. The molecule has 0 aromatic heterocycles. The predicted octanol–water partition coefficient (Wildman–Crippen LogP) is 2.40. The van der Waals surface area contributed by atoms with Crippen molar-refractivity contribution in [1.29, 1.82) is 0 Å². The summed E-state index contributed by atoms with van der Waals surface area (Å²) >= 11 is 0. The Balaban J connectivity index is 2.55. The third-order valence-electron chi connectivity index (χ3n) is 2.71.